The molecule has 0 fully saturated rings. The number of benzene rings is 2. The van der Waals surface area contributed by atoms with E-state index in [0.29, 0.717) is 28.3 Å². The molecular formula is C19H14ClN3O2. The number of carbonyl (C=O) groups is 1. The van der Waals surface area contributed by atoms with E-state index in [0.717, 1.165) is 16.5 Å². The average molecular weight is 352 g/mol. The summed E-state index contributed by atoms with van der Waals surface area (Å²) in [5.41, 5.74) is 2.67. The van der Waals surface area contributed by atoms with Gasteiger partial charge in [0.1, 0.15) is 0 Å². The molecule has 2 heterocycles. The molecule has 0 unspecified atom stereocenters. The molecule has 5 nitrogen and oxygen atoms in total. The molecule has 4 aromatic rings. The van der Waals surface area contributed by atoms with Crippen molar-refractivity contribution in [2.75, 3.05) is 5.32 Å². The lowest BCUT2D eigenvalue weighted by molar-refractivity contribution is 0.0699. The molecule has 2 aromatic carbocycles. The van der Waals surface area contributed by atoms with E-state index >= 15 is 0 Å². The van der Waals surface area contributed by atoms with Crippen molar-refractivity contribution in [3.8, 4) is 0 Å². The summed E-state index contributed by atoms with van der Waals surface area (Å²) in [5, 5.41) is 14.9. The van der Waals surface area contributed by atoms with Crippen LogP contribution in [-0.4, -0.2) is 21.0 Å². The number of hydrogen-bond acceptors (Lipinski definition) is 3. The van der Waals surface area contributed by atoms with Crippen LogP contribution in [0, 0.1) is 0 Å². The van der Waals surface area contributed by atoms with Crippen molar-refractivity contribution in [3.63, 3.8) is 0 Å². The van der Waals surface area contributed by atoms with Crippen molar-refractivity contribution in [3.05, 3.63) is 70.9 Å². The molecule has 0 spiro atoms. The van der Waals surface area contributed by atoms with Gasteiger partial charge >= 0.3 is 5.97 Å². The molecule has 25 heavy (non-hydrogen) atoms. The van der Waals surface area contributed by atoms with Gasteiger partial charge in [-0.2, -0.15) is 0 Å². The molecule has 0 saturated carbocycles. The van der Waals surface area contributed by atoms with Gasteiger partial charge < -0.3 is 15.4 Å². The van der Waals surface area contributed by atoms with Gasteiger partial charge in [0.25, 0.3) is 0 Å². The van der Waals surface area contributed by atoms with Gasteiger partial charge in [0.05, 0.1) is 16.6 Å². The number of carboxylic acid groups (broad SMARTS) is 1. The predicted molar refractivity (Wildman–Crippen MR) is 99.3 cm³/mol. The Bertz CT molecular complexity index is 1100. The van der Waals surface area contributed by atoms with E-state index < -0.39 is 5.97 Å². The number of aromatic nitrogens is 2. The number of aromatic carboxylic acids is 1. The normalized spacial score (nSPS) is 11.1. The molecule has 0 atom stereocenters. The Morgan fingerprint density at radius 3 is 2.84 bits per heavy atom. The second-order valence-electron chi connectivity index (χ2n) is 5.72. The van der Waals surface area contributed by atoms with Crippen molar-refractivity contribution >= 4 is 45.2 Å². The van der Waals surface area contributed by atoms with E-state index in [1.54, 1.807) is 0 Å². The molecule has 0 aliphatic carbocycles. The Morgan fingerprint density at radius 1 is 1.20 bits per heavy atom. The van der Waals surface area contributed by atoms with Gasteiger partial charge in [0.15, 0.2) is 5.82 Å². The maximum atomic E-state index is 11.6. The molecule has 0 saturated heterocycles. The van der Waals surface area contributed by atoms with Crippen molar-refractivity contribution in [2.45, 2.75) is 6.54 Å². The molecule has 124 valence electrons. The monoisotopic (exact) mass is 351 g/mol. The molecule has 0 aliphatic rings. The minimum atomic E-state index is -0.969. The lowest BCUT2D eigenvalue weighted by Gasteiger charge is -2.10. The van der Waals surface area contributed by atoms with E-state index in [-0.39, 0.29) is 5.56 Å². The highest BCUT2D eigenvalue weighted by Gasteiger charge is 2.17. The van der Waals surface area contributed by atoms with E-state index in [1.165, 1.54) is 6.20 Å². The van der Waals surface area contributed by atoms with Crippen molar-refractivity contribution in [1.29, 1.82) is 0 Å². The van der Waals surface area contributed by atoms with Crippen LogP contribution in [0.15, 0.2) is 54.7 Å². The Kier molecular flexibility index (Phi) is 3.78. The number of H-pyrrole nitrogens is 1. The van der Waals surface area contributed by atoms with Gasteiger partial charge in [-0.15, -0.1) is 0 Å². The summed E-state index contributed by atoms with van der Waals surface area (Å²) in [4.78, 5) is 19.3. The second kappa shape index (κ2) is 6.11. The highest BCUT2D eigenvalue weighted by atomic mass is 35.5. The predicted octanol–water partition coefficient (Wildman–Crippen LogP) is 4.68. The molecule has 0 bridgehead atoms. The zero-order chi connectivity index (χ0) is 17.4. The summed E-state index contributed by atoms with van der Waals surface area (Å²) in [7, 11) is 0. The summed E-state index contributed by atoms with van der Waals surface area (Å²) in [5.74, 6) is -0.357. The van der Waals surface area contributed by atoms with Crippen molar-refractivity contribution < 1.29 is 9.90 Å². The third-order valence-corrected chi connectivity index (χ3v) is 4.34. The van der Waals surface area contributed by atoms with Crippen LogP contribution in [0.5, 0.6) is 0 Å². The minimum absolute atomic E-state index is 0.236. The number of aromatic amines is 1. The largest absolute Gasteiger partial charge is 0.478 e. The van der Waals surface area contributed by atoms with Crippen LogP contribution in [0.4, 0.5) is 5.82 Å². The molecule has 0 amide bonds. The summed E-state index contributed by atoms with van der Waals surface area (Å²) in [6.07, 6.45) is 1.51. The fourth-order valence-electron chi connectivity index (χ4n) is 2.98. The Labute approximate surface area is 148 Å². The molecule has 4 rings (SSSR count). The van der Waals surface area contributed by atoms with Crippen molar-refractivity contribution in [1.82, 2.24) is 9.97 Å². The maximum Gasteiger partial charge on any atom is 0.337 e. The average Bonchev–Trinajstić information content (AvgIpc) is 3.05. The zero-order valence-corrected chi connectivity index (χ0v) is 13.8. The quantitative estimate of drug-likeness (QED) is 0.499. The van der Waals surface area contributed by atoms with E-state index in [9.17, 15) is 9.90 Å². The zero-order valence-electron chi connectivity index (χ0n) is 13.1. The summed E-state index contributed by atoms with van der Waals surface area (Å²) >= 11 is 6.02. The number of nitrogens with one attached hydrogen (secondary N) is 2. The fourth-order valence-corrected chi connectivity index (χ4v) is 3.19. The highest BCUT2D eigenvalue weighted by Crippen LogP contribution is 2.31. The van der Waals surface area contributed by atoms with Gasteiger partial charge in [-0.25, -0.2) is 9.78 Å². The lowest BCUT2D eigenvalue weighted by Crippen LogP contribution is -2.03. The van der Waals surface area contributed by atoms with Crippen LogP contribution < -0.4 is 5.32 Å². The minimum Gasteiger partial charge on any atom is -0.478 e. The van der Waals surface area contributed by atoms with Gasteiger partial charge in [0.2, 0.25) is 0 Å². The van der Waals surface area contributed by atoms with Crippen LogP contribution in [0.25, 0.3) is 21.8 Å². The first kappa shape index (κ1) is 15.5. The Balaban J connectivity index is 1.84. The first-order chi connectivity index (χ1) is 12.1. The number of pyridine rings is 1. The number of carboxylic acids is 1. The number of nitrogens with zero attached hydrogens (tertiary/aromatic N) is 1. The number of para-hydroxylation sites is 1. The molecule has 0 radical (unpaired) electrons. The second-order valence-corrected chi connectivity index (χ2v) is 6.15. The van der Waals surface area contributed by atoms with Crippen LogP contribution in [0.1, 0.15) is 15.9 Å². The van der Waals surface area contributed by atoms with E-state index in [4.69, 9.17) is 11.6 Å². The molecule has 3 N–H and O–H groups in total. The smallest absolute Gasteiger partial charge is 0.337 e. The Hall–Kier alpha value is -3.05. The van der Waals surface area contributed by atoms with Crippen molar-refractivity contribution in [2.24, 2.45) is 0 Å². The van der Waals surface area contributed by atoms with Gasteiger partial charge in [-0.1, -0.05) is 41.9 Å². The maximum absolute atomic E-state index is 11.6. The van der Waals surface area contributed by atoms with Crippen LogP contribution in [0.2, 0.25) is 5.02 Å². The van der Waals surface area contributed by atoms with Crippen LogP contribution >= 0.6 is 11.6 Å². The van der Waals surface area contributed by atoms with E-state index in [2.05, 4.69) is 15.3 Å². The van der Waals surface area contributed by atoms with Crippen LogP contribution in [-0.2, 0) is 6.54 Å². The number of anilines is 1. The number of halogens is 1. The van der Waals surface area contributed by atoms with Gasteiger partial charge in [-0.05, 0) is 23.8 Å². The lowest BCUT2D eigenvalue weighted by atomic mass is 10.1. The highest BCUT2D eigenvalue weighted by molar-refractivity contribution is 6.30. The first-order valence-electron chi connectivity index (χ1n) is 7.75. The Morgan fingerprint density at radius 2 is 2.04 bits per heavy atom. The standard InChI is InChI=1S/C19H14ClN3O2/c20-12-5-3-4-11(8-12)9-22-18-17-16(14(10-21-17)19(24)25)13-6-1-2-7-15(13)23-18/h1-8,10,21H,9H2,(H,22,23)(H,24,25). The summed E-state index contributed by atoms with van der Waals surface area (Å²) in [6.45, 7) is 0.530. The SMILES string of the molecule is O=C(O)c1c[nH]c2c(NCc3cccc(Cl)c3)nc3ccccc3c12. The first-order valence-corrected chi connectivity index (χ1v) is 8.13. The molecule has 6 heteroatoms. The van der Waals surface area contributed by atoms with Crippen LogP contribution in [0.3, 0.4) is 0 Å². The third-order valence-electron chi connectivity index (χ3n) is 4.10. The number of hydrogen-bond donors (Lipinski definition) is 3. The number of fused-ring (bicyclic) bond motifs is 3. The fraction of sp³-hybridized carbons (Fsp3) is 0.0526. The third kappa shape index (κ3) is 2.79. The van der Waals surface area contributed by atoms with Gasteiger partial charge in [-0.3, -0.25) is 0 Å². The molecule has 2 aromatic heterocycles. The summed E-state index contributed by atoms with van der Waals surface area (Å²) in [6, 6.07) is 15.1. The van der Waals surface area contributed by atoms with Gasteiger partial charge in [0, 0.05) is 28.5 Å². The topological polar surface area (TPSA) is 78.0 Å². The molecular weight excluding hydrogens is 338 g/mol. The number of rotatable bonds is 4. The summed E-state index contributed by atoms with van der Waals surface area (Å²) < 4.78 is 0. The van der Waals surface area contributed by atoms with E-state index in [1.807, 2.05) is 48.5 Å². The molecule has 0 aliphatic heterocycles.